The number of rotatable bonds is 5. The van der Waals surface area contributed by atoms with Gasteiger partial charge in [0.2, 0.25) is 5.91 Å². The zero-order valence-corrected chi connectivity index (χ0v) is 16.8. The van der Waals surface area contributed by atoms with Crippen molar-refractivity contribution in [2.75, 3.05) is 18.8 Å². The third-order valence-corrected chi connectivity index (χ3v) is 4.12. The summed E-state index contributed by atoms with van der Waals surface area (Å²) in [7, 11) is 0. The van der Waals surface area contributed by atoms with Gasteiger partial charge in [-0.2, -0.15) is 5.10 Å². The zero-order valence-electron chi connectivity index (χ0n) is 16.8. The van der Waals surface area contributed by atoms with E-state index < -0.39 is 17.1 Å². The third kappa shape index (κ3) is 5.98. The Hall–Kier alpha value is -2.57. The van der Waals surface area contributed by atoms with E-state index in [0.29, 0.717) is 31.6 Å². The van der Waals surface area contributed by atoms with Crippen molar-refractivity contribution in [3.05, 3.63) is 29.8 Å². The number of carbonyl (C=O) groups excluding carboxylic acids is 2. The average Bonchev–Trinajstić information content (AvgIpc) is 2.54. The van der Waals surface area contributed by atoms with E-state index in [0.717, 1.165) is 11.3 Å². The first kappa shape index (κ1) is 20.7. The first-order chi connectivity index (χ1) is 12.5. The Balaban J connectivity index is 1.99. The Bertz CT molecular complexity index is 718. The Morgan fingerprint density at radius 1 is 1.30 bits per heavy atom. The lowest BCUT2D eigenvalue weighted by Gasteiger charge is -2.34. The summed E-state index contributed by atoms with van der Waals surface area (Å²) in [6, 6.07) is 7.50. The van der Waals surface area contributed by atoms with Gasteiger partial charge in [0.25, 0.3) is 0 Å². The summed E-state index contributed by atoms with van der Waals surface area (Å²) in [5.41, 5.74) is 7.20. The van der Waals surface area contributed by atoms with Crippen LogP contribution in [0.15, 0.2) is 29.4 Å². The Kier molecular flexibility index (Phi) is 6.13. The maximum atomic E-state index is 12.7. The molecule has 7 heteroatoms. The van der Waals surface area contributed by atoms with Gasteiger partial charge in [0.15, 0.2) is 0 Å². The van der Waals surface area contributed by atoms with Crippen molar-refractivity contribution in [3.63, 3.8) is 0 Å². The molecule has 7 nitrogen and oxygen atoms in total. The molecule has 0 aromatic heterocycles. The van der Waals surface area contributed by atoms with Gasteiger partial charge in [-0.25, -0.2) is 9.80 Å². The molecule has 1 aliphatic heterocycles. The highest BCUT2D eigenvalue weighted by atomic mass is 16.6. The fraction of sp³-hybridized carbons (Fsp3) is 0.550. The number of anilines is 1. The molecule has 2 rings (SSSR count). The number of hydrogen-bond acceptors (Lipinski definition) is 5. The summed E-state index contributed by atoms with van der Waals surface area (Å²) in [5.74, 6) is -0.0148. The second kappa shape index (κ2) is 7.98. The summed E-state index contributed by atoms with van der Waals surface area (Å²) in [6.45, 7) is 10.1. The van der Waals surface area contributed by atoms with E-state index >= 15 is 0 Å². The molecule has 0 atom stereocenters. The normalized spacial score (nSPS) is 16.7. The highest BCUT2D eigenvalue weighted by Gasteiger charge is 2.37. The maximum absolute atomic E-state index is 12.7. The summed E-state index contributed by atoms with van der Waals surface area (Å²) >= 11 is 0. The van der Waals surface area contributed by atoms with Crippen LogP contribution in [0.4, 0.5) is 10.5 Å². The summed E-state index contributed by atoms with van der Waals surface area (Å²) < 4.78 is 5.20. The molecule has 0 bridgehead atoms. The van der Waals surface area contributed by atoms with Crippen LogP contribution in [0.2, 0.25) is 0 Å². The van der Waals surface area contributed by atoms with Gasteiger partial charge in [0, 0.05) is 25.2 Å². The van der Waals surface area contributed by atoms with Crippen LogP contribution in [0.25, 0.3) is 0 Å². The molecule has 0 radical (unpaired) electrons. The molecule has 0 fully saturated rings. The first-order valence-corrected chi connectivity index (χ1v) is 9.20. The van der Waals surface area contributed by atoms with Gasteiger partial charge in [-0.1, -0.05) is 26.0 Å². The van der Waals surface area contributed by atoms with Gasteiger partial charge in [-0.3, -0.25) is 4.79 Å². The van der Waals surface area contributed by atoms with Crippen LogP contribution >= 0.6 is 0 Å². The lowest BCUT2D eigenvalue weighted by molar-refractivity contribution is -0.141. The number of nitrogens with two attached hydrogens (primary N) is 1. The Morgan fingerprint density at radius 2 is 1.93 bits per heavy atom. The van der Waals surface area contributed by atoms with E-state index in [1.807, 2.05) is 58.9 Å². The van der Waals surface area contributed by atoms with Gasteiger partial charge in [0.1, 0.15) is 5.60 Å². The van der Waals surface area contributed by atoms with Crippen molar-refractivity contribution in [1.82, 2.24) is 10.3 Å². The Labute approximate surface area is 160 Å². The molecule has 2 amide bonds. The number of benzene rings is 1. The van der Waals surface area contributed by atoms with Gasteiger partial charge in [-0.15, -0.1) is 0 Å². The van der Waals surface area contributed by atoms with Gasteiger partial charge in [-0.05, 0) is 44.9 Å². The number of nitrogen functional groups attached to an aromatic ring is 1. The molecule has 0 saturated carbocycles. The predicted octanol–water partition coefficient (Wildman–Crippen LogP) is 3.15. The highest BCUT2D eigenvalue weighted by Crippen LogP contribution is 2.31. The quantitative estimate of drug-likeness (QED) is 0.611. The molecule has 27 heavy (non-hydrogen) atoms. The number of amides is 2. The van der Waals surface area contributed by atoms with E-state index in [-0.39, 0.29) is 5.91 Å². The van der Waals surface area contributed by atoms with E-state index in [2.05, 4.69) is 10.4 Å². The van der Waals surface area contributed by atoms with E-state index in [1.165, 1.54) is 5.01 Å². The van der Waals surface area contributed by atoms with E-state index in [9.17, 15) is 9.59 Å². The van der Waals surface area contributed by atoms with E-state index in [4.69, 9.17) is 10.5 Å². The minimum atomic E-state index is -0.533. The molecule has 1 aromatic carbocycles. The number of ether oxygens (including phenoxy) is 1. The molecular weight excluding hydrogens is 344 g/mol. The first-order valence-electron chi connectivity index (χ1n) is 9.20. The minimum Gasteiger partial charge on any atom is -0.444 e. The van der Waals surface area contributed by atoms with Crippen molar-refractivity contribution in [3.8, 4) is 0 Å². The average molecular weight is 374 g/mol. The number of alkyl carbamates (subject to hydrolysis) is 1. The second-order valence-electron chi connectivity index (χ2n) is 8.44. The molecule has 1 heterocycles. The minimum absolute atomic E-state index is 0.0148. The predicted molar refractivity (Wildman–Crippen MR) is 106 cm³/mol. The topological polar surface area (TPSA) is 97.0 Å². The summed E-state index contributed by atoms with van der Waals surface area (Å²) in [4.78, 5) is 24.4. The number of hydrazone groups is 1. The van der Waals surface area contributed by atoms with Crippen LogP contribution in [0.3, 0.4) is 0 Å². The van der Waals surface area contributed by atoms with Crippen LogP contribution in [0, 0.1) is 5.41 Å². The van der Waals surface area contributed by atoms with Crippen molar-refractivity contribution in [2.24, 2.45) is 10.5 Å². The molecule has 3 N–H and O–H groups in total. The summed E-state index contributed by atoms with van der Waals surface area (Å²) in [6.07, 6.45) is 0.695. The van der Waals surface area contributed by atoms with Crippen LogP contribution in [-0.2, 0) is 9.53 Å². The zero-order chi connectivity index (χ0) is 20.2. The molecule has 1 aromatic rings. The van der Waals surface area contributed by atoms with Crippen molar-refractivity contribution in [2.45, 2.75) is 53.1 Å². The van der Waals surface area contributed by atoms with Gasteiger partial charge >= 0.3 is 6.09 Å². The van der Waals surface area contributed by atoms with E-state index in [1.54, 1.807) is 0 Å². The van der Waals surface area contributed by atoms with Gasteiger partial charge < -0.3 is 15.8 Å². The van der Waals surface area contributed by atoms with Crippen molar-refractivity contribution in [1.29, 1.82) is 0 Å². The molecule has 0 aliphatic carbocycles. The Morgan fingerprint density at radius 3 is 2.52 bits per heavy atom. The molecule has 148 valence electrons. The fourth-order valence-corrected chi connectivity index (χ4v) is 2.79. The summed E-state index contributed by atoms with van der Waals surface area (Å²) in [5, 5.41) is 8.76. The number of carbonyl (C=O) groups is 2. The largest absolute Gasteiger partial charge is 0.444 e. The van der Waals surface area contributed by atoms with Crippen LogP contribution in [0.5, 0.6) is 0 Å². The van der Waals surface area contributed by atoms with Gasteiger partial charge in [0.05, 0.1) is 11.1 Å². The standard InChI is InChI=1S/C20H30N4O3/c1-19(2,3)27-18(26)22-11-6-12-24-17(25)20(4,5)13-16(23-24)14-7-9-15(21)10-8-14/h7-10H,6,11-13,21H2,1-5H3,(H,22,26). The fourth-order valence-electron chi connectivity index (χ4n) is 2.79. The molecular formula is C20H30N4O3. The third-order valence-electron chi connectivity index (χ3n) is 4.12. The second-order valence-corrected chi connectivity index (χ2v) is 8.44. The van der Waals surface area contributed by atoms with Crippen molar-refractivity contribution < 1.29 is 14.3 Å². The molecule has 0 spiro atoms. The number of nitrogens with one attached hydrogen (secondary N) is 1. The van der Waals surface area contributed by atoms with Crippen molar-refractivity contribution >= 4 is 23.4 Å². The van der Waals surface area contributed by atoms with Crippen LogP contribution < -0.4 is 11.1 Å². The smallest absolute Gasteiger partial charge is 0.407 e. The molecule has 0 unspecified atom stereocenters. The number of nitrogens with zero attached hydrogens (tertiary/aromatic N) is 2. The molecule has 0 saturated heterocycles. The maximum Gasteiger partial charge on any atom is 0.407 e. The van der Waals surface area contributed by atoms with Crippen LogP contribution in [-0.4, -0.2) is 41.4 Å². The lowest BCUT2D eigenvalue weighted by atomic mass is 9.82. The SMILES string of the molecule is CC(C)(C)OC(=O)NCCCN1N=C(c2ccc(N)cc2)CC(C)(C)C1=O. The lowest BCUT2D eigenvalue weighted by Crippen LogP contribution is -2.45. The van der Waals surface area contributed by atoms with Crippen LogP contribution in [0.1, 0.15) is 53.0 Å². The molecule has 1 aliphatic rings. The number of hydrogen-bond donors (Lipinski definition) is 2. The highest BCUT2D eigenvalue weighted by molar-refractivity contribution is 6.05. The monoisotopic (exact) mass is 374 g/mol.